The Morgan fingerprint density at radius 3 is 1.23 bits per heavy atom. The smallest absolute Gasteiger partial charge is 0.146 e. The van der Waals surface area contributed by atoms with Gasteiger partial charge in [0.05, 0.1) is 0 Å². The number of rotatable bonds is 9. The molecule has 2 nitrogen and oxygen atoms in total. The number of benzene rings is 2. The van der Waals surface area contributed by atoms with Crippen LogP contribution in [0.1, 0.15) is 104 Å². The molecule has 2 heteroatoms. The molecule has 40 heavy (non-hydrogen) atoms. The van der Waals surface area contributed by atoms with Crippen LogP contribution in [0.3, 0.4) is 0 Å². The van der Waals surface area contributed by atoms with E-state index in [0.717, 1.165) is 64.2 Å². The summed E-state index contributed by atoms with van der Waals surface area (Å²) >= 11 is 0. The summed E-state index contributed by atoms with van der Waals surface area (Å²) < 4.78 is 0. The Kier molecular flexibility index (Phi) is 6.38. The molecule has 0 amide bonds. The Hall–Kier alpha value is -2.22. The molecule has 4 aliphatic carbocycles. The van der Waals surface area contributed by atoms with Gasteiger partial charge in [-0.2, -0.15) is 0 Å². The molecule has 2 aromatic rings. The Bertz CT molecular complexity index is 1190. The van der Waals surface area contributed by atoms with Crippen molar-refractivity contribution in [3.05, 3.63) is 71.8 Å². The van der Waals surface area contributed by atoms with Crippen LogP contribution in [0.5, 0.6) is 0 Å². The molecule has 4 saturated carbocycles. The molecule has 0 heterocycles. The molecule has 0 saturated heterocycles. The van der Waals surface area contributed by atoms with Gasteiger partial charge in [-0.25, -0.2) is 0 Å². The van der Waals surface area contributed by atoms with Crippen molar-refractivity contribution in [1.82, 2.24) is 0 Å². The van der Waals surface area contributed by atoms with E-state index in [4.69, 9.17) is 0 Å². The number of carbonyl (C=O) groups is 2. The molecule has 4 fully saturated rings. The predicted molar refractivity (Wildman–Crippen MR) is 163 cm³/mol. The summed E-state index contributed by atoms with van der Waals surface area (Å²) in [5, 5.41) is 0. The van der Waals surface area contributed by atoms with Crippen LogP contribution in [-0.4, -0.2) is 11.6 Å². The van der Waals surface area contributed by atoms with Crippen molar-refractivity contribution < 1.29 is 9.59 Å². The van der Waals surface area contributed by atoms with Crippen molar-refractivity contribution >= 4 is 11.6 Å². The van der Waals surface area contributed by atoms with Gasteiger partial charge >= 0.3 is 0 Å². The van der Waals surface area contributed by atoms with Crippen molar-refractivity contribution in [2.75, 3.05) is 0 Å². The fourth-order valence-electron chi connectivity index (χ4n) is 11.3. The van der Waals surface area contributed by atoms with Gasteiger partial charge in [-0.05, 0) is 98.0 Å². The lowest BCUT2D eigenvalue weighted by atomic mass is 9.45. The van der Waals surface area contributed by atoms with Crippen LogP contribution in [0.2, 0.25) is 0 Å². The van der Waals surface area contributed by atoms with E-state index >= 15 is 9.59 Å². The van der Waals surface area contributed by atoms with Gasteiger partial charge in [0.2, 0.25) is 0 Å². The van der Waals surface area contributed by atoms with E-state index in [9.17, 15) is 0 Å². The third-order valence-electron chi connectivity index (χ3n) is 14.0. The number of Topliss-reactive ketones (excluding diaryl/α,β-unsaturated/α-hetero) is 2. The van der Waals surface area contributed by atoms with E-state index < -0.39 is 10.8 Å². The summed E-state index contributed by atoms with van der Waals surface area (Å²) in [4.78, 5) is 30.6. The molecule has 0 spiro atoms. The van der Waals surface area contributed by atoms with Crippen LogP contribution in [0.25, 0.3) is 0 Å². The summed E-state index contributed by atoms with van der Waals surface area (Å²) in [7, 11) is 0. The summed E-state index contributed by atoms with van der Waals surface area (Å²) in [6, 6.07) is 21.5. The van der Waals surface area contributed by atoms with Crippen molar-refractivity contribution in [1.29, 1.82) is 0 Å². The lowest BCUT2D eigenvalue weighted by Crippen LogP contribution is -2.60. The molecule has 2 aromatic carbocycles. The first-order chi connectivity index (χ1) is 18.9. The van der Waals surface area contributed by atoms with Crippen molar-refractivity contribution in [2.24, 2.45) is 44.3 Å². The Balaban J connectivity index is 1.48. The number of carbonyl (C=O) groups excluding carboxylic acids is 2. The second kappa shape index (κ2) is 9.14. The van der Waals surface area contributed by atoms with Crippen LogP contribution >= 0.6 is 0 Å². The highest BCUT2D eigenvalue weighted by molar-refractivity contribution is 6.05. The van der Waals surface area contributed by atoms with Gasteiger partial charge in [0.15, 0.2) is 0 Å². The number of ketones is 2. The molecule has 214 valence electrons. The lowest BCUT2D eigenvalue weighted by Gasteiger charge is -2.56. The zero-order valence-electron chi connectivity index (χ0n) is 25.8. The Morgan fingerprint density at radius 1 is 0.575 bits per heavy atom. The Morgan fingerprint density at radius 2 is 0.925 bits per heavy atom. The van der Waals surface area contributed by atoms with Crippen molar-refractivity contribution in [3.63, 3.8) is 0 Å². The number of fused-ring (bicyclic) bond motifs is 4. The molecule has 4 aliphatic rings. The first-order valence-electron chi connectivity index (χ1n) is 16.1. The highest BCUT2D eigenvalue weighted by Crippen LogP contribution is 2.83. The minimum atomic E-state index is -0.563. The van der Waals surface area contributed by atoms with Gasteiger partial charge in [0.25, 0.3) is 0 Å². The Labute approximate surface area is 242 Å². The van der Waals surface area contributed by atoms with Gasteiger partial charge in [-0.3, -0.25) is 9.59 Å². The lowest BCUT2D eigenvalue weighted by molar-refractivity contribution is -0.167. The maximum Gasteiger partial charge on any atom is 0.146 e. The minimum Gasteiger partial charge on any atom is -0.298 e. The first-order valence-corrected chi connectivity index (χ1v) is 16.1. The molecule has 6 rings (SSSR count). The van der Waals surface area contributed by atoms with Crippen LogP contribution in [0.4, 0.5) is 0 Å². The van der Waals surface area contributed by atoms with Gasteiger partial charge in [0.1, 0.15) is 11.6 Å². The molecule has 0 radical (unpaired) electrons. The molecule has 4 bridgehead atoms. The topological polar surface area (TPSA) is 34.1 Å². The van der Waals surface area contributed by atoms with E-state index in [1.54, 1.807) is 0 Å². The average molecular weight is 539 g/mol. The normalized spacial score (nSPS) is 38.9. The SMILES string of the molecule is CC1(C)[C@@H]2CC[C@@]1(C)C(=O)[C@@]2(CCCc1ccccc1)[C@]1(CCCc2ccccc2)C(=O)[C@@]2(C)CC[C@H]1C2(C)C. The summed E-state index contributed by atoms with van der Waals surface area (Å²) in [5.74, 6) is 1.45. The fraction of sp³-hybridized carbons (Fsp3) is 0.632. The third kappa shape index (κ3) is 3.29. The molecule has 0 aliphatic heterocycles. The molecular formula is C38H50O2. The zero-order chi connectivity index (χ0) is 28.6. The zero-order valence-corrected chi connectivity index (χ0v) is 25.8. The van der Waals surface area contributed by atoms with Crippen molar-refractivity contribution in [3.8, 4) is 0 Å². The summed E-state index contributed by atoms with van der Waals surface area (Å²) in [5.41, 5.74) is 0.686. The largest absolute Gasteiger partial charge is 0.298 e. The molecule has 0 aromatic heterocycles. The maximum atomic E-state index is 15.3. The molecular weight excluding hydrogens is 488 g/mol. The second-order valence-electron chi connectivity index (χ2n) is 15.6. The average Bonchev–Trinajstić information content (AvgIpc) is 3.42. The van der Waals surface area contributed by atoms with E-state index in [-0.39, 0.29) is 33.5 Å². The molecule has 6 atom stereocenters. The van der Waals surface area contributed by atoms with Gasteiger partial charge in [-0.1, -0.05) is 102 Å². The summed E-state index contributed by atoms with van der Waals surface area (Å²) in [6.07, 6.45) is 9.70. The third-order valence-corrected chi connectivity index (χ3v) is 14.0. The number of aryl methyl sites for hydroxylation is 2. The highest BCUT2D eigenvalue weighted by Gasteiger charge is 2.85. The van der Waals surface area contributed by atoms with Crippen LogP contribution in [0, 0.1) is 44.3 Å². The predicted octanol–water partition coefficient (Wildman–Crippen LogP) is 9.06. The van der Waals surface area contributed by atoms with Crippen LogP contribution in [0.15, 0.2) is 60.7 Å². The quantitative estimate of drug-likeness (QED) is 0.319. The van der Waals surface area contributed by atoms with E-state index in [2.05, 4.69) is 102 Å². The number of hydrogen-bond acceptors (Lipinski definition) is 2. The monoisotopic (exact) mass is 538 g/mol. The fourth-order valence-corrected chi connectivity index (χ4v) is 11.3. The first kappa shape index (κ1) is 27.9. The van der Waals surface area contributed by atoms with Crippen LogP contribution < -0.4 is 0 Å². The van der Waals surface area contributed by atoms with Crippen molar-refractivity contribution in [2.45, 2.75) is 106 Å². The standard InChI is InChI=1S/C38H50O2/c1-33(2)29-21-25-35(33,5)31(39)37(29,23-13-19-27-15-9-7-10-16-27)38(24-14-20-28-17-11-8-12-18-28)30-22-26-36(6,32(38)40)34(30,3)4/h7-12,15-18,29-30H,13-14,19-26H2,1-6H3/t29-,30-,35-,36+,37-,38-/m0/s1. The highest BCUT2D eigenvalue weighted by atomic mass is 16.1. The maximum absolute atomic E-state index is 15.3. The van der Waals surface area contributed by atoms with Gasteiger partial charge in [-0.15, -0.1) is 0 Å². The van der Waals surface area contributed by atoms with E-state index in [1.807, 2.05) is 0 Å². The van der Waals surface area contributed by atoms with E-state index in [0.29, 0.717) is 11.6 Å². The van der Waals surface area contributed by atoms with Crippen LogP contribution in [-0.2, 0) is 22.4 Å². The number of hydrogen-bond donors (Lipinski definition) is 0. The summed E-state index contributed by atoms with van der Waals surface area (Å²) in [6.45, 7) is 14.0. The van der Waals surface area contributed by atoms with Gasteiger partial charge in [0, 0.05) is 21.7 Å². The minimum absolute atomic E-state index is 0.0869. The van der Waals surface area contributed by atoms with E-state index in [1.165, 1.54) is 11.1 Å². The second-order valence-corrected chi connectivity index (χ2v) is 15.6. The van der Waals surface area contributed by atoms with Gasteiger partial charge < -0.3 is 0 Å². The molecule has 0 unspecified atom stereocenters. The molecule has 0 N–H and O–H groups in total.